The number of anilines is 1. The average molecular weight is 502 g/mol. The van der Waals surface area contributed by atoms with E-state index in [-0.39, 0.29) is 11.8 Å². The molecular weight excluding hydrogens is 470 g/mol. The summed E-state index contributed by atoms with van der Waals surface area (Å²) in [5, 5.41) is 3.01. The highest BCUT2D eigenvalue weighted by atomic mass is 32.2. The lowest BCUT2D eigenvalue weighted by atomic mass is 10.0. The molecule has 0 unspecified atom stereocenters. The normalized spacial score (nSPS) is 17.4. The van der Waals surface area contributed by atoms with Gasteiger partial charge in [-0.2, -0.15) is 0 Å². The van der Waals surface area contributed by atoms with Crippen molar-refractivity contribution in [3.05, 3.63) is 88.5 Å². The zero-order valence-electron chi connectivity index (χ0n) is 20.8. The fraction of sp³-hybridized carbons (Fsp3) is 0.310. The van der Waals surface area contributed by atoms with Gasteiger partial charge in [0.05, 0.1) is 38.4 Å². The smallest absolute Gasteiger partial charge is 0.259 e. The second-order valence-corrected chi connectivity index (χ2v) is 11.0. The van der Waals surface area contributed by atoms with Crippen LogP contribution in [0.25, 0.3) is 0 Å². The van der Waals surface area contributed by atoms with E-state index in [1.165, 1.54) is 12.8 Å². The summed E-state index contributed by atoms with van der Waals surface area (Å²) in [6.07, 6.45) is 2.42. The number of nitrogens with one attached hydrogen (secondary N) is 1. The van der Waals surface area contributed by atoms with E-state index >= 15 is 0 Å². The highest BCUT2D eigenvalue weighted by molar-refractivity contribution is 7.85. The predicted molar refractivity (Wildman–Crippen MR) is 142 cm³/mol. The van der Waals surface area contributed by atoms with Gasteiger partial charge in [-0.1, -0.05) is 35.9 Å². The van der Waals surface area contributed by atoms with E-state index in [0.29, 0.717) is 39.7 Å². The number of carbonyl (C=O) groups is 2. The van der Waals surface area contributed by atoms with E-state index in [2.05, 4.69) is 16.3 Å². The molecule has 1 atom stereocenters. The minimum atomic E-state index is -1.55. The van der Waals surface area contributed by atoms with Crippen molar-refractivity contribution in [1.82, 2.24) is 10.2 Å². The maximum Gasteiger partial charge on any atom is 0.259 e. The van der Waals surface area contributed by atoms with Crippen molar-refractivity contribution in [2.45, 2.75) is 43.0 Å². The average Bonchev–Trinajstić information content (AvgIpc) is 3.39. The minimum Gasteiger partial charge on any atom is -0.351 e. The van der Waals surface area contributed by atoms with Crippen LogP contribution in [0.5, 0.6) is 0 Å². The Morgan fingerprint density at radius 3 is 2.56 bits per heavy atom. The van der Waals surface area contributed by atoms with E-state index in [4.69, 9.17) is 0 Å². The quantitative estimate of drug-likeness (QED) is 0.542. The van der Waals surface area contributed by atoms with Gasteiger partial charge in [0.15, 0.2) is 0 Å². The number of aryl methyl sites for hydroxylation is 2. The third kappa shape index (κ3) is 4.86. The Labute approximate surface area is 214 Å². The van der Waals surface area contributed by atoms with Crippen LogP contribution in [0.1, 0.15) is 50.2 Å². The SMILES string of the molecule is Cc1ccc(C)c(CN2C(=O)c3ccccc3[S@](=O)c3ccc(C(=O)NCCN4CCCC4)cc32)c1. The highest BCUT2D eigenvalue weighted by Gasteiger charge is 2.31. The number of rotatable bonds is 6. The number of amides is 2. The third-order valence-corrected chi connectivity index (χ3v) is 8.52. The number of likely N-dealkylation sites (tertiary alicyclic amines) is 1. The molecule has 1 saturated heterocycles. The summed E-state index contributed by atoms with van der Waals surface area (Å²) in [5.41, 5.74) is 4.59. The molecule has 0 aliphatic carbocycles. The molecule has 2 amide bonds. The standard InChI is InChI=1S/C29H31N3O3S/c1-20-9-10-21(2)23(17-20)19-32-25-18-22(28(33)30-13-16-31-14-5-6-15-31)11-12-27(25)36(35)26-8-4-3-7-24(26)29(32)34/h3-4,7-12,17-18H,5-6,13-16,19H2,1-2H3,(H,30,33)/t36-/m0/s1. The fourth-order valence-corrected chi connectivity index (χ4v) is 6.28. The zero-order valence-corrected chi connectivity index (χ0v) is 21.6. The zero-order chi connectivity index (χ0) is 25.2. The molecule has 0 bridgehead atoms. The first-order chi connectivity index (χ1) is 17.4. The van der Waals surface area contributed by atoms with Crippen molar-refractivity contribution in [2.24, 2.45) is 0 Å². The van der Waals surface area contributed by atoms with E-state index in [1.807, 2.05) is 26.0 Å². The summed E-state index contributed by atoms with van der Waals surface area (Å²) in [6.45, 7) is 7.92. The van der Waals surface area contributed by atoms with Crippen molar-refractivity contribution >= 4 is 28.3 Å². The first kappa shape index (κ1) is 24.4. The van der Waals surface area contributed by atoms with Gasteiger partial charge in [-0.25, -0.2) is 4.21 Å². The second kappa shape index (κ2) is 10.4. The van der Waals surface area contributed by atoms with Gasteiger partial charge in [-0.05, 0) is 81.2 Å². The van der Waals surface area contributed by atoms with Gasteiger partial charge in [0.25, 0.3) is 11.8 Å². The molecule has 3 aromatic rings. The molecule has 0 saturated carbocycles. The number of fused-ring (bicyclic) bond motifs is 2. The molecule has 2 aliphatic rings. The van der Waals surface area contributed by atoms with Gasteiger partial charge in [0.2, 0.25) is 0 Å². The van der Waals surface area contributed by atoms with Crippen molar-refractivity contribution in [2.75, 3.05) is 31.1 Å². The molecule has 2 heterocycles. The molecule has 0 spiro atoms. The van der Waals surface area contributed by atoms with E-state index in [1.54, 1.807) is 47.4 Å². The molecule has 0 aromatic heterocycles. The van der Waals surface area contributed by atoms with Crippen molar-refractivity contribution in [1.29, 1.82) is 0 Å². The van der Waals surface area contributed by atoms with Crippen LogP contribution in [0, 0.1) is 13.8 Å². The maximum atomic E-state index is 13.8. The van der Waals surface area contributed by atoms with E-state index in [0.717, 1.165) is 36.3 Å². The monoisotopic (exact) mass is 501 g/mol. The molecule has 1 N–H and O–H groups in total. The molecular formula is C29H31N3O3S. The lowest BCUT2D eigenvalue weighted by molar-refractivity contribution is 0.0946. The van der Waals surface area contributed by atoms with Crippen LogP contribution in [0.3, 0.4) is 0 Å². The minimum absolute atomic E-state index is 0.191. The Morgan fingerprint density at radius 1 is 0.972 bits per heavy atom. The molecule has 186 valence electrons. The molecule has 0 radical (unpaired) electrons. The summed E-state index contributed by atoms with van der Waals surface area (Å²) in [7, 11) is -1.55. The molecule has 2 aliphatic heterocycles. The van der Waals surface area contributed by atoms with Gasteiger partial charge >= 0.3 is 0 Å². The Bertz CT molecular complexity index is 1350. The largest absolute Gasteiger partial charge is 0.351 e. The number of carbonyl (C=O) groups excluding carboxylic acids is 2. The number of hydrogen-bond acceptors (Lipinski definition) is 4. The van der Waals surface area contributed by atoms with E-state index < -0.39 is 10.8 Å². The Morgan fingerprint density at radius 2 is 1.75 bits per heavy atom. The van der Waals surface area contributed by atoms with Crippen molar-refractivity contribution < 1.29 is 13.8 Å². The van der Waals surface area contributed by atoms with Crippen molar-refractivity contribution in [3.8, 4) is 0 Å². The number of hydrogen-bond donors (Lipinski definition) is 1. The van der Waals surface area contributed by atoms with Crippen LogP contribution in [0.4, 0.5) is 5.69 Å². The van der Waals surface area contributed by atoms with Crippen LogP contribution in [-0.4, -0.2) is 47.1 Å². The van der Waals surface area contributed by atoms with Gasteiger partial charge in [-0.3, -0.25) is 9.59 Å². The van der Waals surface area contributed by atoms with Crippen LogP contribution < -0.4 is 10.2 Å². The molecule has 1 fully saturated rings. The molecule has 36 heavy (non-hydrogen) atoms. The van der Waals surface area contributed by atoms with Crippen molar-refractivity contribution in [3.63, 3.8) is 0 Å². The summed E-state index contributed by atoms with van der Waals surface area (Å²) in [5.74, 6) is -0.408. The maximum absolute atomic E-state index is 13.8. The van der Waals surface area contributed by atoms with E-state index in [9.17, 15) is 13.8 Å². The first-order valence-corrected chi connectivity index (χ1v) is 13.6. The summed E-state index contributed by atoms with van der Waals surface area (Å²) >= 11 is 0. The molecule has 5 rings (SSSR count). The first-order valence-electron chi connectivity index (χ1n) is 12.5. The van der Waals surface area contributed by atoms with Gasteiger partial charge < -0.3 is 15.1 Å². The molecule has 3 aromatic carbocycles. The lowest BCUT2D eigenvalue weighted by Crippen LogP contribution is -2.34. The second-order valence-electron chi connectivity index (χ2n) is 9.57. The third-order valence-electron chi connectivity index (χ3n) is 7.02. The van der Waals surface area contributed by atoms with Gasteiger partial charge in [0, 0.05) is 18.7 Å². The number of nitrogens with zero attached hydrogens (tertiary/aromatic N) is 2. The number of benzene rings is 3. The van der Waals surface area contributed by atoms with Crippen LogP contribution in [0.2, 0.25) is 0 Å². The summed E-state index contributed by atoms with van der Waals surface area (Å²) in [4.78, 5) is 31.9. The Balaban J connectivity index is 1.51. The lowest BCUT2D eigenvalue weighted by Gasteiger charge is -2.24. The summed E-state index contributed by atoms with van der Waals surface area (Å²) < 4.78 is 13.6. The highest BCUT2D eigenvalue weighted by Crippen LogP contribution is 2.36. The Hall–Kier alpha value is -3.29. The molecule has 6 nitrogen and oxygen atoms in total. The topological polar surface area (TPSA) is 69.7 Å². The summed E-state index contributed by atoms with van der Waals surface area (Å²) in [6, 6.07) is 18.4. The van der Waals surface area contributed by atoms with Gasteiger partial charge in [-0.15, -0.1) is 0 Å². The van der Waals surface area contributed by atoms with Crippen LogP contribution in [-0.2, 0) is 17.3 Å². The van der Waals surface area contributed by atoms with Crippen LogP contribution >= 0.6 is 0 Å². The Kier molecular flexibility index (Phi) is 7.03. The van der Waals surface area contributed by atoms with Gasteiger partial charge in [0.1, 0.15) is 0 Å². The molecule has 7 heteroatoms. The fourth-order valence-electron chi connectivity index (χ4n) is 4.94. The predicted octanol–water partition coefficient (Wildman–Crippen LogP) is 4.46. The van der Waals surface area contributed by atoms with Crippen LogP contribution in [0.15, 0.2) is 70.5 Å².